The highest BCUT2D eigenvalue weighted by Gasteiger charge is 2.38. The van der Waals surface area contributed by atoms with E-state index in [2.05, 4.69) is 19.8 Å². The first-order valence-electron chi connectivity index (χ1n) is 6.70. The minimum Gasteiger partial charge on any atom is -0.387 e. The second-order valence-electron chi connectivity index (χ2n) is 4.85. The lowest BCUT2D eigenvalue weighted by Crippen LogP contribution is -2.04. The molecule has 0 saturated heterocycles. The van der Waals surface area contributed by atoms with E-state index >= 15 is 0 Å². The number of benzene rings is 1. The summed E-state index contributed by atoms with van der Waals surface area (Å²) in [5.41, 5.74) is 2.33. The molecule has 1 unspecified atom stereocenters. The van der Waals surface area contributed by atoms with Gasteiger partial charge in [0.05, 0.1) is 5.71 Å². The zero-order valence-electron chi connectivity index (χ0n) is 11.6. The molecule has 8 heteroatoms. The number of alkyl halides is 3. The number of halogens is 3. The molecule has 1 aliphatic heterocycles. The summed E-state index contributed by atoms with van der Waals surface area (Å²) in [6, 6.07) is 6.79. The van der Waals surface area contributed by atoms with E-state index in [1.165, 1.54) is 0 Å². The summed E-state index contributed by atoms with van der Waals surface area (Å²) in [6.45, 7) is 2.00. The second-order valence-corrected chi connectivity index (χ2v) is 4.85. The average molecular weight is 311 g/mol. The summed E-state index contributed by atoms with van der Waals surface area (Å²) in [5, 5.41) is 7.32. The molecule has 3 rings (SSSR count). The zero-order chi connectivity index (χ0) is 15.7. The van der Waals surface area contributed by atoms with E-state index in [4.69, 9.17) is 4.84 Å². The Labute approximate surface area is 123 Å². The van der Waals surface area contributed by atoms with E-state index in [-0.39, 0.29) is 11.9 Å². The van der Waals surface area contributed by atoms with Crippen LogP contribution in [0.1, 0.15) is 37.3 Å². The van der Waals surface area contributed by atoms with Crippen LogP contribution in [-0.2, 0) is 11.0 Å². The van der Waals surface area contributed by atoms with Crippen molar-refractivity contribution in [2.45, 2.75) is 32.0 Å². The molecule has 1 aromatic carbocycles. The van der Waals surface area contributed by atoms with Crippen LogP contribution in [0.3, 0.4) is 0 Å². The van der Waals surface area contributed by atoms with Crippen LogP contribution < -0.4 is 0 Å². The zero-order valence-corrected chi connectivity index (χ0v) is 11.6. The number of nitrogens with zero attached hydrogens (tertiary/aromatic N) is 3. The Kier molecular flexibility index (Phi) is 3.59. The smallest absolute Gasteiger partial charge is 0.387 e. The van der Waals surface area contributed by atoms with Crippen LogP contribution in [0.15, 0.2) is 33.9 Å². The molecule has 1 aromatic heterocycles. The topological polar surface area (TPSA) is 60.5 Å². The van der Waals surface area contributed by atoms with E-state index in [0.717, 1.165) is 24.1 Å². The Morgan fingerprint density at radius 1 is 1.23 bits per heavy atom. The first-order valence-corrected chi connectivity index (χ1v) is 6.70. The lowest BCUT2D eigenvalue weighted by Gasteiger charge is -2.08. The second kappa shape index (κ2) is 5.43. The monoisotopic (exact) mass is 311 g/mol. The predicted octanol–water partition coefficient (Wildman–Crippen LogP) is 3.98. The Balaban J connectivity index is 1.76. The van der Waals surface area contributed by atoms with Crippen LogP contribution in [0, 0.1) is 0 Å². The average Bonchev–Trinajstić information content (AvgIpc) is 3.16. The van der Waals surface area contributed by atoms with Crippen molar-refractivity contribution < 1.29 is 22.5 Å². The Bertz CT molecular complexity index is 692. The van der Waals surface area contributed by atoms with E-state index in [1.807, 2.05) is 6.92 Å². The molecule has 116 valence electrons. The molecular formula is C14H12F3N3O2. The number of hydrogen-bond acceptors (Lipinski definition) is 5. The van der Waals surface area contributed by atoms with Crippen molar-refractivity contribution in [3.8, 4) is 11.4 Å². The Morgan fingerprint density at radius 3 is 2.50 bits per heavy atom. The molecule has 0 amide bonds. The van der Waals surface area contributed by atoms with Crippen LogP contribution in [0.5, 0.6) is 0 Å². The van der Waals surface area contributed by atoms with Crippen LogP contribution in [-0.4, -0.2) is 15.9 Å². The first-order chi connectivity index (χ1) is 10.5. The first kappa shape index (κ1) is 14.6. The molecule has 0 radical (unpaired) electrons. The summed E-state index contributed by atoms with van der Waals surface area (Å²) >= 11 is 0. The number of rotatable bonds is 3. The number of oxime groups is 1. The van der Waals surface area contributed by atoms with Gasteiger partial charge < -0.3 is 9.36 Å². The lowest BCUT2D eigenvalue weighted by atomic mass is 10.0. The maximum atomic E-state index is 12.4. The highest BCUT2D eigenvalue weighted by atomic mass is 19.4. The van der Waals surface area contributed by atoms with Crippen LogP contribution >= 0.6 is 0 Å². The summed E-state index contributed by atoms with van der Waals surface area (Å²) in [7, 11) is 0. The third kappa shape index (κ3) is 2.81. The van der Waals surface area contributed by atoms with Crippen molar-refractivity contribution in [3.05, 3.63) is 35.7 Å². The standard InChI is InChI=1S/C14H12F3N3O2/c1-2-10-7-11(21-19-10)8-3-5-9(6-4-8)12-18-13(22-20-12)14(15,16)17/h3-6,11H,2,7H2,1H3. The van der Waals surface area contributed by atoms with Gasteiger partial charge in [0.2, 0.25) is 5.82 Å². The summed E-state index contributed by atoms with van der Waals surface area (Å²) in [4.78, 5) is 8.67. The van der Waals surface area contributed by atoms with E-state index < -0.39 is 12.1 Å². The third-order valence-electron chi connectivity index (χ3n) is 3.35. The van der Waals surface area contributed by atoms with Gasteiger partial charge in [-0.05, 0) is 12.0 Å². The fraction of sp³-hybridized carbons (Fsp3) is 0.357. The van der Waals surface area contributed by atoms with Crippen molar-refractivity contribution in [3.63, 3.8) is 0 Å². The molecule has 1 aliphatic rings. The molecule has 0 bridgehead atoms. The van der Waals surface area contributed by atoms with Gasteiger partial charge in [-0.15, -0.1) is 0 Å². The molecule has 0 saturated carbocycles. The van der Waals surface area contributed by atoms with Crippen LogP contribution in [0.25, 0.3) is 11.4 Å². The van der Waals surface area contributed by atoms with Gasteiger partial charge in [0.25, 0.3) is 0 Å². The molecule has 0 N–H and O–H groups in total. The highest BCUT2D eigenvalue weighted by Crippen LogP contribution is 2.31. The molecule has 0 fully saturated rings. The molecule has 0 spiro atoms. The maximum absolute atomic E-state index is 12.4. The van der Waals surface area contributed by atoms with Gasteiger partial charge in [0, 0.05) is 12.0 Å². The molecule has 22 heavy (non-hydrogen) atoms. The maximum Gasteiger partial charge on any atom is 0.471 e. The summed E-state index contributed by atoms with van der Waals surface area (Å²) in [5.74, 6) is -1.46. The van der Waals surface area contributed by atoms with Gasteiger partial charge in [-0.25, -0.2) is 0 Å². The SMILES string of the molecule is CCC1=NOC(c2ccc(-c3noc(C(F)(F)F)n3)cc2)C1. The normalized spacial score (nSPS) is 18.2. The molecule has 2 aromatic rings. The largest absolute Gasteiger partial charge is 0.471 e. The van der Waals surface area contributed by atoms with Gasteiger partial charge >= 0.3 is 12.1 Å². The number of aromatic nitrogens is 2. The van der Waals surface area contributed by atoms with Crippen LogP contribution in [0.4, 0.5) is 13.2 Å². The minimum atomic E-state index is -4.64. The minimum absolute atomic E-state index is 0.100. The number of hydrogen-bond donors (Lipinski definition) is 0. The fourth-order valence-corrected chi connectivity index (χ4v) is 2.12. The summed E-state index contributed by atoms with van der Waals surface area (Å²) in [6.07, 6.45) is -3.25. The van der Waals surface area contributed by atoms with Crippen molar-refractivity contribution in [1.82, 2.24) is 10.1 Å². The fourth-order valence-electron chi connectivity index (χ4n) is 2.12. The summed E-state index contributed by atoms with van der Waals surface area (Å²) < 4.78 is 41.5. The van der Waals surface area contributed by atoms with Crippen molar-refractivity contribution in [1.29, 1.82) is 0 Å². The van der Waals surface area contributed by atoms with E-state index in [0.29, 0.717) is 5.56 Å². The van der Waals surface area contributed by atoms with E-state index in [9.17, 15) is 13.2 Å². The Morgan fingerprint density at radius 2 is 1.95 bits per heavy atom. The third-order valence-corrected chi connectivity index (χ3v) is 3.35. The van der Waals surface area contributed by atoms with Gasteiger partial charge in [-0.3, -0.25) is 0 Å². The van der Waals surface area contributed by atoms with E-state index in [1.54, 1.807) is 24.3 Å². The molecule has 1 atom stereocenters. The Hall–Kier alpha value is -2.38. The molecular weight excluding hydrogens is 299 g/mol. The van der Waals surface area contributed by atoms with Crippen LogP contribution in [0.2, 0.25) is 0 Å². The van der Waals surface area contributed by atoms with Crippen molar-refractivity contribution in [2.24, 2.45) is 5.16 Å². The van der Waals surface area contributed by atoms with Gasteiger partial charge in [0.15, 0.2) is 6.10 Å². The quantitative estimate of drug-likeness (QED) is 0.860. The van der Waals surface area contributed by atoms with Gasteiger partial charge in [0.1, 0.15) is 0 Å². The molecule has 5 nitrogen and oxygen atoms in total. The van der Waals surface area contributed by atoms with Gasteiger partial charge in [-0.1, -0.05) is 41.5 Å². The van der Waals surface area contributed by atoms with Gasteiger partial charge in [-0.2, -0.15) is 18.2 Å². The molecule has 2 heterocycles. The van der Waals surface area contributed by atoms with Crippen molar-refractivity contribution >= 4 is 5.71 Å². The molecule has 0 aliphatic carbocycles. The predicted molar refractivity (Wildman–Crippen MR) is 70.9 cm³/mol. The van der Waals surface area contributed by atoms with Crippen molar-refractivity contribution in [2.75, 3.05) is 0 Å². The lowest BCUT2D eigenvalue weighted by molar-refractivity contribution is -0.159. The highest BCUT2D eigenvalue weighted by molar-refractivity contribution is 5.85.